The van der Waals surface area contributed by atoms with E-state index in [0.717, 1.165) is 42.6 Å². The van der Waals surface area contributed by atoms with Crippen LogP contribution in [-0.4, -0.2) is 34.4 Å². The van der Waals surface area contributed by atoms with E-state index in [1.165, 1.54) is 0 Å². The van der Waals surface area contributed by atoms with Crippen molar-refractivity contribution in [3.05, 3.63) is 65.9 Å². The molecule has 2 N–H and O–H groups in total. The van der Waals surface area contributed by atoms with Crippen LogP contribution in [0, 0.1) is 19.4 Å². The number of nitrogens with zero attached hydrogens (tertiary/aromatic N) is 1. The molecule has 1 aliphatic rings. The maximum absolute atomic E-state index is 10.6. The summed E-state index contributed by atoms with van der Waals surface area (Å²) < 4.78 is 0. The minimum absolute atomic E-state index is 0. The summed E-state index contributed by atoms with van der Waals surface area (Å²) in [5, 5.41) is 20.8. The molecule has 0 bridgehead atoms. The van der Waals surface area contributed by atoms with E-state index >= 15 is 0 Å². The quantitative estimate of drug-likeness (QED) is 0.411. The van der Waals surface area contributed by atoms with Gasteiger partial charge in [0.05, 0.1) is 12.2 Å². The Labute approximate surface area is 193 Å². The van der Waals surface area contributed by atoms with Crippen molar-refractivity contribution < 1.29 is 42.9 Å². The van der Waals surface area contributed by atoms with Crippen molar-refractivity contribution in [1.82, 2.24) is 0 Å². The summed E-state index contributed by atoms with van der Waals surface area (Å²) in [4.78, 5) is 3.77. The van der Waals surface area contributed by atoms with Gasteiger partial charge in [-0.05, 0) is 36.0 Å². The number of hydrogen-bond donors (Lipinski definition) is 2. The third-order valence-corrected chi connectivity index (χ3v) is 5.91. The van der Waals surface area contributed by atoms with Crippen molar-refractivity contribution in [3.63, 3.8) is 0 Å². The van der Waals surface area contributed by atoms with Crippen LogP contribution in [0.15, 0.2) is 36.4 Å². The minimum Gasteiger partial charge on any atom is -0.392 e. The van der Waals surface area contributed by atoms with Gasteiger partial charge in [0, 0.05) is 51.0 Å². The van der Waals surface area contributed by atoms with Crippen molar-refractivity contribution in [2.75, 3.05) is 12.0 Å². The van der Waals surface area contributed by atoms with E-state index in [1.54, 1.807) is 11.8 Å². The van der Waals surface area contributed by atoms with Crippen LogP contribution < -0.4 is 0 Å². The first-order valence-corrected chi connectivity index (χ1v) is 10.8. The summed E-state index contributed by atoms with van der Waals surface area (Å²) in [5.74, 6) is 1.05. The molecule has 1 aromatic carbocycles. The fourth-order valence-electron chi connectivity index (χ4n) is 3.84. The third-order valence-electron chi connectivity index (χ3n) is 5.27. The van der Waals surface area contributed by atoms with Crippen LogP contribution in [-0.2, 0) is 32.7 Å². The summed E-state index contributed by atoms with van der Waals surface area (Å²) in [7, 11) is 0. The van der Waals surface area contributed by atoms with Crippen molar-refractivity contribution in [2.45, 2.75) is 56.3 Å². The maximum atomic E-state index is 10.6. The third kappa shape index (κ3) is 6.98. The fourth-order valence-corrected chi connectivity index (χ4v) is 4.30. The Hall–Kier alpha value is -0.176. The average Bonchev–Trinajstić information content (AvgIpc) is 2.98. The van der Waals surface area contributed by atoms with E-state index in [9.17, 15) is 10.2 Å². The number of aliphatic hydroxyl groups excluding tert-OH is 2. The summed E-state index contributed by atoms with van der Waals surface area (Å²) in [6, 6.07) is 7.84. The summed E-state index contributed by atoms with van der Waals surface area (Å²) in [5.41, 5.74) is 1.99. The van der Waals surface area contributed by atoms with Crippen molar-refractivity contribution >= 4 is 11.8 Å². The molecule has 1 radical (unpaired) electrons. The molecule has 145 valence electrons. The van der Waals surface area contributed by atoms with Gasteiger partial charge in [0.1, 0.15) is 0 Å². The Kier molecular flexibility index (Phi) is 12.1. The zero-order valence-electron chi connectivity index (χ0n) is 16.1. The Morgan fingerprint density at radius 2 is 2.04 bits per heavy atom. The molecular formula is C22H30NO2SY-. The Bertz CT molecular complexity index is 614. The molecule has 0 aliphatic heterocycles. The molecule has 1 saturated carbocycles. The first-order valence-electron chi connectivity index (χ1n) is 9.38. The van der Waals surface area contributed by atoms with Crippen molar-refractivity contribution in [1.29, 1.82) is 0 Å². The van der Waals surface area contributed by atoms with Crippen LogP contribution in [0.25, 0.3) is 4.85 Å². The molecule has 1 fully saturated rings. The van der Waals surface area contributed by atoms with Crippen LogP contribution in [0.1, 0.15) is 55.3 Å². The molecule has 27 heavy (non-hydrogen) atoms. The standard InChI is InChI=1S/C22H30NO2S.Y/c1-4-5-6-7-8-18-19(23-2)15-21(25)22(18)17-11-9-16(10-12-17)20(24)13-14-26-3;/h6-7,9-12,18-22,24-25H,1,4-5,8,13-15H2,3H3;/q-1;/b7-6-;/t18?,19-,20?,21-,22?;/m1./s1. The molecule has 0 spiro atoms. The summed E-state index contributed by atoms with van der Waals surface area (Å²) in [6.45, 7) is 11.3. The number of rotatable bonds is 9. The monoisotopic (exact) mass is 461 g/mol. The molecule has 0 aromatic heterocycles. The zero-order chi connectivity index (χ0) is 18.9. The fraction of sp³-hybridized carbons (Fsp3) is 0.545. The topological polar surface area (TPSA) is 44.8 Å². The zero-order valence-corrected chi connectivity index (χ0v) is 19.8. The Morgan fingerprint density at radius 3 is 2.63 bits per heavy atom. The normalized spacial score (nSPS) is 25.9. The Morgan fingerprint density at radius 1 is 1.33 bits per heavy atom. The summed E-state index contributed by atoms with van der Waals surface area (Å²) >= 11 is 1.73. The van der Waals surface area contributed by atoms with Crippen LogP contribution >= 0.6 is 11.8 Å². The molecule has 0 saturated heterocycles. The molecule has 0 amide bonds. The Balaban J connectivity index is 0.00000364. The molecular weight excluding hydrogens is 431 g/mol. The van der Waals surface area contributed by atoms with Gasteiger partial charge in [0.25, 0.3) is 0 Å². The van der Waals surface area contributed by atoms with E-state index in [-0.39, 0.29) is 50.6 Å². The predicted octanol–water partition coefficient (Wildman–Crippen LogP) is 4.78. The number of hydrogen-bond acceptors (Lipinski definition) is 3. The first kappa shape index (κ1) is 24.9. The molecule has 1 aliphatic carbocycles. The molecule has 5 atom stereocenters. The molecule has 3 nitrogen and oxygen atoms in total. The number of aliphatic hydroxyl groups is 2. The second kappa shape index (κ2) is 13.1. The van der Waals surface area contributed by atoms with E-state index in [4.69, 9.17) is 6.57 Å². The van der Waals surface area contributed by atoms with Gasteiger partial charge in [-0.25, -0.2) is 6.57 Å². The van der Waals surface area contributed by atoms with Crippen LogP contribution in [0.3, 0.4) is 0 Å². The molecule has 5 heteroatoms. The average molecular weight is 461 g/mol. The maximum Gasteiger partial charge on any atom is 0.230 e. The number of allylic oxidation sites excluding steroid dienone is 2. The molecule has 2 rings (SSSR count). The SMILES string of the molecule is [C-]#[N+][C@@H]1C[C@@H](O)C(c2ccc(C(O)CCSC)cc2)C1C/C=C\CC[CH2-].[Y]. The van der Waals surface area contributed by atoms with E-state index in [0.29, 0.717) is 6.42 Å². The van der Waals surface area contributed by atoms with Crippen molar-refractivity contribution in [2.24, 2.45) is 5.92 Å². The van der Waals surface area contributed by atoms with Crippen molar-refractivity contribution in [3.8, 4) is 0 Å². The number of benzene rings is 1. The van der Waals surface area contributed by atoms with Gasteiger partial charge >= 0.3 is 0 Å². The van der Waals surface area contributed by atoms with E-state index < -0.39 is 12.2 Å². The molecule has 1 aromatic rings. The minimum atomic E-state index is -0.479. The van der Waals surface area contributed by atoms with Gasteiger partial charge in [-0.15, -0.1) is 0 Å². The second-order valence-corrected chi connectivity index (χ2v) is 7.99. The van der Waals surface area contributed by atoms with Crippen LogP contribution in [0.5, 0.6) is 0 Å². The van der Waals surface area contributed by atoms with Gasteiger partial charge in [0.15, 0.2) is 0 Å². The van der Waals surface area contributed by atoms with E-state index in [1.807, 2.05) is 30.5 Å². The molecule has 3 unspecified atom stereocenters. The predicted molar refractivity (Wildman–Crippen MR) is 110 cm³/mol. The molecule has 0 heterocycles. The first-order chi connectivity index (χ1) is 12.6. The largest absolute Gasteiger partial charge is 0.392 e. The summed E-state index contributed by atoms with van der Waals surface area (Å²) in [6.07, 6.45) is 9.30. The van der Waals surface area contributed by atoms with Gasteiger partial charge in [0.2, 0.25) is 6.04 Å². The van der Waals surface area contributed by atoms with Gasteiger partial charge < -0.3 is 22.0 Å². The van der Waals surface area contributed by atoms with Gasteiger partial charge in [-0.1, -0.05) is 42.8 Å². The van der Waals surface area contributed by atoms with Crippen LogP contribution in [0.4, 0.5) is 0 Å². The number of thioether (sulfide) groups is 1. The van der Waals surface area contributed by atoms with Crippen LogP contribution in [0.2, 0.25) is 0 Å². The second-order valence-electron chi connectivity index (χ2n) is 7.00. The smallest absolute Gasteiger partial charge is 0.230 e. The van der Waals surface area contributed by atoms with Gasteiger partial charge in [-0.2, -0.15) is 18.2 Å². The van der Waals surface area contributed by atoms with Gasteiger partial charge in [-0.3, -0.25) is 0 Å². The number of unbranched alkanes of at least 4 members (excludes halogenated alkanes) is 1. The van der Waals surface area contributed by atoms with E-state index in [2.05, 4.69) is 23.9 Å².